The summed E-state index contributed by atoms with van der Waals surface area (Å²) in [6.07, 6.45) is 4.74. The largest absolute Gasteiger partial charge is 0.496 e. The van der Waals surface area contributed by atoms with E-state index in [1.54, 1.807) is 16.5 Å². The van der Waals surface area contributed by atoms with Gasteiger partial charge in [0.2, 0.25) is 0 Å². The molecule has 182 valence electrons. The lowest BCUT2D eigenvalue weighted by Crippen LogP contribution is -2.24. The summed E-state index contributed by atoms with van der Waals surface area (Å²) in [5.74, 6) is -2.94. The Morgan fingerprint density at radius 1 is 1.14 bits per heavy atom. The number of aromatic nitrogens is 2. The van der Waals surface area contributed by atoms with E-state index in [0.717, 1.165) is 12.1 Å². The lowest BCUT2D eigenvalue weighted by molar-refractivity contribution is 0.102. The maximum absolute atomic E-state index is 14.1. The van der Waals surface area contributed by atoms with Crippen molar-refractivity contribution >= 4 is 40.8 Å². The summed E-state index contributed by atoms with van der Waals surface area (Å²) in [6, 6.07) is 10.5. The quantitative estimate of drug-likeness (QED) is 0.284. The summed E-state index contributed by atoms with van der Waals surface area (Å²) in [5, 5.41) is 5.29. The fourth-order valence-electron chi connectivity index (χ4n) is 3.86. The Balaban J connectivity index is 1.64. The maximum atomic E-state index is 14.1. The topological polar surface area (TPSA) is 80.0 Å². The number of hydrogen-bond acceptors (Lipinski definition) is 5. The zero-order valence-electron chi connectivity index (χ0n) is 18.6. The summed E-state index contributed by atoms with van der Waals surface area (Å²) >= 11 is 6.14. The molecule has 11 heteroatoms. The minimum absolute atomic E-state index is 0.00852. The summed E-state index contributed by atoms with van der Waals surface area (Å²) in [7, 11) is 1.37. The third kappa shape index (κ3) is 4.27. The molecule has 3 heterocycles. The van der Waals surface area contributed by atoms with Gasteiger partial charge in [0.15, 0.2) is 5.62 Å². The Hall–Kier alpha value is -4.31. The second-order valence-electron chi connectivity index (χ2n) is 7.71. The predicted octanol–water partition coefficient (Wildman–Crippen LogP) is 5.22. The van der Waals surface area contributed by atoms with Gasteiger partial charge < -0.3 is 15.4 Å². The van der Waals surface area contributed by atoms with Gasteiger partial charge in [0.25, 0.3) is 5.91 Å². The van der Waals surface area contributed by atoms with Crippen molar-refractivity contribution in [3.05, 3.63) is 89.5 Å². The van der Waals surface area contributed by atoms with Crippen molar-refractivity contribution in [3.63, 3.8) is 0 Å². The number of carbonyl (C=O) groups excluding carboxylic acids is 1. The van der Waals surface area contributed by atoms with Gasteiger partial charge in [-0.15, -0.1) is 0 Å². The first kappa shape index (κ1) is 23.4. The van der Waals surface area contributed by atoms with E-state index in [4.69, 9.17) is 16.3 Å². The number of aliphatic imine (C=N–C) groups is 1. The lowest BCUT2D eigenvalue weighted by atomic mass is 10.0. The number of amides is 1. The van der Waals surface area contributed by atoms with Crippen molar-refractivity contribution in [1.82, 2.24) is 14.7 Å². The fraction of sp³-hybridized carbons (Fsp3) is 0.0800. The zero-order valence-corrected chi connectivity index (χ0v) is 19.4. The first-order valence-electron chi connectivity index (χ1n) is 10.6. The molecule has 0 fully saturated rings. The average molecular weight is 512 g/mol. The number of benzene rings is 2. The van der Waals surface area contributed by atoms with Gasteiger partial charge in [-0.3, -0.25) is 14.2 Å². The number of nitrogens with zero attached hydrogens (tertiary/aromatic N) is 3. The number of fused-ring (bicyclic) bond motifs is 1. The van der Waals surface area contributed by atoms with Crippen molar-refractivity contribution in [2.24, 2.45) is 4.99 Å². The third-order valence-electron chi connectivity index (χ3n) is 5.49. The Kier molecular flexibility index (Phi) is 6.11. The molecule has 5 rings (SSSR count). The van der Waals surface area contributed by atoms with Gasteiger partial charge in [-0.2, -0.15) is 0 Å². The molecule has 0 saturated heterocycles. The summed E-state index contributed by atoms with van der Waals surface area (Å²) in [5.41, 5.74) is 0.978. The number of alkyl halides is 1. The molecule has 7 nitrogen and oxygen atoms in total. The number of halogens is 4. The van der Waals surface area contributed by atoms with E-state index in [2.05, 4.69) is 20.6 Å². The molecule has 1 amide bonds. The second-order valence-corrected chi connectivity index (χ2v) is 8.12. The van der Waals surface area contributed by atoms with Gasteiger partial charge in [-0.1, -0.05) is 17.7 Å². The van der Waals surface area contributed by atoms with Crippen LogP contribution < -0.4 is 15.4 Å². The maximum Gasteiger partial charge on any atom is 0.259 e. The smallest absolute Gasteiger partial charge is 0.259 e. The normalized spacial score (nSPS) is 14.9. The van der Waals surface area contributed by atoms with E-state index in [9.17, 15) is 18.0 Å². The highest BCUT2D eigenvalue weighted by molar-refractivity contribution is 6.21. The van der Waals surface area contributed by atoms with Crippen LogP contribution in [0.15, 0.2) is 65.8 Å². The predicted molar refractivity (Wildman–Crippen MR) is 131 cm³/mol. The lowest BCUT2D eigenvalue weighted by Gasteiger charge is -2.17. The number of anilines is 1. The number of carbonyl (C=O) groups is 1. The van der Waals surface area contributed by atoms with Crippen LogP contribution in [0.1, 0.15) is 16.1 Å². The van der Waals surface area contributed by atoms with E-state index in [1.807, 2.05) is 0 Å². The fourth-order valence-corrected chi connectivity index (χ4v) is 4.05. The van der Waals surface area contributed by atoms with Crippen LogP contribution in [0.3, 0.4) is 0 Å². The van der Waals surface area contributed by atoms with Crippen LogP contribution >= 0.6 is 11.6 Å². The molecule has 36 heavy (non-hydrogen) atoms. The van der Waals surface area contributed by atoms with Crippen molar-refractivity contribution in [2.45, 2.75) is 5.62 Å². The number of rotatable bonds is 5. The molecule has 2 aromatic heterocycles. The molecular formula is C25H17ClF3N5O2. The molecule has 2 N–H and O–H groups in total. The monoisotopic (exact) mass is 511 g/mol. The molecule has 2 aromatic carbocycles. The molecule has 0 aliphatic carbocycles. The number of nitrogens with one attached hydrogen (secondary N) is 2. The minimum atomic E-state index is -0.921. The highest BCUT2D eigenvalue weighted by atomic mass is 35.5. The molecular weight excluding hydrogens is 495 g/mol. The average Bonchev–Trinajstić information content (AvgIpc) is 3.24. The Morgan fingerprint density at radius 2 is 1.92 bits per heavy atom. The van der Waals surface area contributed by atoms with Crippen LogP contribution in [0.4, 0.5) is 18.9 Å². The summed E-state index contributed by atoms with van der Waals surface area (Å²) in [4.78, 5) is 21.7. The van der Waals surface area contributed by atoms with E-state index in [1.165, 1.54) is 49.9 Å². The van der Waals surface area contributed by atoms with E-state index in [0.29, 0.717) is 28.3 Å². The molecule has 4 aromatic rings. The van der Waals surface area contributed by atoms with E-state index < -0.39 is 34.7 Å². The molecule has 1 aliphatic rings. The number of methoxy groups -OCH3 is 1. The first-order valence-corrected chi connectivity index (χ1v) is 11.0. The SMILES string of the molecule is COc1ccc(-c2nc3cc(F)ccn3c2C2=CC=NC(Cl)N2)cc1C(=O)Nc1c(F)cccc1F. The second kappa shape index (κ2) is 9.38. The van der Waals surface area contributed by atoms with Gasteiger partial charge in [0.05, 0.1) is 29.8 Å². The number of allylic oxidation sites excluding steroid dienone is 1. The number of hydrogen-bond donors (Lipinski definition) is 2. The molecule has 0 radical (unpaired) electrons. The summed E-state index contributed by atoms with van der Waals surface area (Å²) in [6.45, 7) is 0. The number of para-hydroxylation sites is 1. The molecule has 1 unspecified atom stereocenters. The van der Waals surface area contributed by atoms with Crippen molar-refractivity contribution in [2.75, 3.05) is 12.4 Å². The third-order valence-corrected chi connectivity index (χ3v) is 5.72. The minimum Gasteiger partial charge on any atom is -0.496 e. The molecule has 1 atom stereocenters. The highest BCUT2D eigenvalue weighted by Gasteiger charge is 2.23. The Labute approximate surface area is 207 Å². The molecule has 0 spiro atoms. The van der Waals surface area contributed by atoms with Gasteiger partial charge in [0.1, 0.15) is 34.5 Å². The summed E-state index contributed by atoms with van der Waals surface area (Å²) < 4.78 is 49.2. The molecule has 0 bridgehead atoms. The van der Waals surface area contributed by atoms with Crippen LogP contribution in [0.2, 0.25) is 0 Å². The van der Waals surface area contributed by atoms with Gasteiger partial charge in [0, 0.05) is 24.0 Å². The van der Waals surface area contributed by atoms with Crippen LogP contribution in [-0.4, -0.2) is 34.2 Å². The Bertz CT molecular complexity index is 1550. The van der Waals surface area contributed by atoms with Crippen LogP contribution in [0.5, 0.6) is 5.75 Å². The molecule has 0 saturated carbocycles. The standard InChI is InChI=1S/C25H17ClF3N5O2/c1-36-19-6-5-13(11-15(19)24(35)33-22-16(28)3-2-4-17(22)29)21-23(18-7-9-30-25(26)31-18)34-10-8-14(27)12-20(34)32-21/h2-12,25,31H,1H3,(H,33,35). The zero-order chi connectivity index (χ0) is 25.4. The van der Waals surface area contributed by atoms with Crippen LogP contribution in [-0.2, 0) is 0 Å². The highest BCUT2D eigenvalue weighted by Crippen LogP contribution is 2.33. The van der Waals surface area contributed by atoms with Crippen molar-refractivity contribution in [1.29, 1.82) is 0 Å². The number of ether oxygens (including phenoxy) is 1. The van der Waals surface area contributed by atoms with E-state index in [-0.39, 0.29) is 11.3 Å². The van der Waals surface area contributed by atoms with Gasteiger partial charge in [-0.25, -0.2) is 18.2 Å². The number of pyridine rings is 1. The van der Waals surface area contributed by atoms with E-state index >= 15 is 0 Å². The van der Waals surface area contributed by atoms with Gasteiger partial charge in [-0.05, 0) is 42.5 Å². The number of imidazole rings is 1. The Morgan fingerprint density at radius 3 is 2.64 bits per heavy atom. The van der Waals surface area contributed by atoms with Crippen LogP contribution in [0.25, 0.3) is 22.6 Å². The van der Waals surface area contributed by atoms with Crippen molar-refractivity contribution in [3.8, 4) is 17.0 Å². The first-order chi connectivity index (χ1) is 17.4. The van der Waals surface area contributed by atoms with Crippen LogP contribution in [0, 0.1) is 17.5 Å². The van der Waals surface area contributed by atoms with Gasteiger partial charge >= 0.3 is 0 Å². The molecule has 1 aliphatic heterocycles. The van der Waals surface area contributed by atoms with Crippen molar-refractivity contribution < 1.29 is 22.7 Å².